The van der Waals surface area contributed by atoms with Gasteiger partial charge in [-0.3, -0.25) is 4.90 Å². The number of carbonyl (C=O) groups is 2. The average Bonchev–Trinajstić information content (AvgIpc) is 3.74. The zero-order chi connectivity index (χ0) is 30.1. The van der Waals surface area contributed by atoms with Crippen molar-refractivity contribution in [1.29, 1.82) is 5.26 Å². The normalized spacial score (nSPS) is 15.0. The summed E-state index contributed by atoms with van der Waals surface area (Å²) < 4.78 is 11.9. The summed E-state index contributed by atoms with van der Waals surface area (Å²) in [6.45, 7) is 0. The van der Waals surface area contributed by atoms with E-state index in [0.717, 1.165) is 4.88 Å². The molecule has 0 saturated heterocycles. The summed E-state index contributed by atoms with van der Waals surface area (Å²) in [5, 5.41) is 25.6. The van der Waals surface area contributed by atoms with Crippen molar-refractivity contribution in [2.75, 3.05) is 19.1 Å². The summed E-state index contributed by atoms with van der Waals surface area (Å²) in [5.41, 5.74) is 9.34. The predicted octanol–water partition coefficient (Wildman–Crippen LogP) is 4.42. The smallest absolute Gasteiger partial charge is 0.355 e. The van der Waals surface area contributed by atoms with Crippen molar-refractivity contribution in [3.63, 3.8) is 0 Å². The minimum Gasteiger partial charge on any atom is -0.466 e. The molecule has 6 rings (SSSR count). The van der Waals surface area contributed by atoms with Crippen LogP contribution in [0, 0.1) is 11.3 Å². The van der Waals surface area contributed by atoms with Crippen molar-refractivity contribution in [3.05, 3.63) is 112 Å². The summed E-state index contributed by atoms with van der Waals surface area (Å²) in [5.74, 6) is -1.99. The molecule has 43 heavy (non-hydrogen) atoms. The zero-order valence-corrected chi connectivity index (χ0v) is 23.8. The van der Waals surface area contributed by atoms with Gasteiger partial charge >= 0.3 is 11.9 Å². The lowest BCUT2D eigenvalue weighted by atomic mass is 9.81. The number of rotatable bonds is 6. The van der Waals surface area contributed by atoms with Gasteiger partial charge in [0.25, 0.3) is 0 Å². The molecule has 1 aliphatic heterocycles. The number of fused-ring (bicyclic) bond motifs is 1. The van der Waals surface area contributed by atoms with E-state index in [4.69, 9.17) is 20.3 Å². The van der Waals surface area contributed by atoms with Crippen molar-refractivity contribution in [2.24, 2.45) is 5.73 Å². The first-order valence-electron chi connectivity index (χ1n) is 13.0. The molecule has 2 N–H and O–H groups in total. The highest BCUT2D eigenvalue weighted by Crippen LogP contribution is 2.43. The predicted molar refractivity (Wildman–Crippen MR) is 159 cm³/mol. The maximum atomic E-state index is 13.4. The fourth-order valence-electron chi connectivity index (χ4n) is 5.09. The van der Waals surface area contributed by atoms with Crippen molar-refractivity contribution >= 4 is 34.6 Å². The lowest BCUT2D eigenvalue weighted by molar-refractivity contribution is -0.139. The monoisotopic (exact) mass is 589 g/mol. The standard InChI is InChI=1S/C31H23N7O4S/c1-41-30(39)26-25(18-8-4-3-5-9-18)21(17-32)28(33)37(27(26)31(40)42-2)20-11-6-10-19(16-20)22-13-14-24-34-35-29(38(24)36-22)23-12-7-15-43-23/h3-16,25H,33H2,1-2H3. The molecule has 11 nitrogen and oxygen atoms in total. The lowest BCUT2D eigenvalue weighted by Crippen LogP contribution is -2.40. The molecule has 5 aromatic rings. The molecule has 212 valence electrons. The van der Waals surface area contributed by atoms with Crippen molar-refractivity contribution in [1.82, 2.24) is 19.8 Å². The van der Waals surface area contributed by atoms with E-state index in [1.165, 1.54) is 30.5 Å². The Morgan fingerprint density at radius 2 is 1.74 bits per heavy atom. The molecule has 4 heterocycles. The van der Waals surface area contributed by atoms with Gasteiger partial charge in [-0.15, -0.1) is 21.5 Å². The Labute approximate surface area is 249 Å². The van der Waals surface area contributed by atoms with Gasteiger partial charge in [0.2, 0.25) is 0 Å². The second-order valence-corrected chi connectivity index (χ2v) is 10.3. The molecule has 0 saturated carbocycles. The first-order chi connectivity index (χ1) is 21.0. The molecule has 0 amide bonds. The van der Waals surface area contributed by atoms with Crippen LogP contribution in [0.3, 0.4) is 0 Å². The Morgan fingerprint density at radius 1 is 0.953 bits per heavy atom. The Bertz CT molecular complexity index is 1970. The molecule has 0 aliphatic carbocycles. The number of ether oxygens (including phenoxy) is 2. The van der Waals surface area contributed by atoms with Crippen LogP contribution < -0.4 is 10.6 Å². The third-order valence-corrected chi connectivity index (χ3v) is 7.88. The van der Waals surface area contributed by atoms with Gasteiger partial charge in [0, 0.05) is 11.3 Å². The maximum Gasteiger partial charge on any atom is 0.355 e. The van der Waals surface area contributed by atoms with Crippen LogP contribution in [0.1, 0.15) is 11.5 Å². The molecule has 1 atom stereocenters. The van der Waals surface area contributed by atoms with E-state index in [-0.39, 0.29) is 22.7 Å². The van der Waals surface area contributed by atoms with E-state index in [0.29, 0.717) is 34.0 Å². The van der Waals surface area contributed by atoms with E-state index in [9.17, 15) is 14.9 Å². The van der Waals surface area contributed by atoms with Gasteiger partial charge in [-0.1, -0.05) is 48.5 Å². The van der Waals surface area contributed by atoms with Crippen LogP contribution in [0.4, 0.5) is 5.69 Å². The third kappa shape index (κ3) is 4.67. The Balaban J connectivity index is 1.54. The van der Waals surface area contributed by atoms with Crippen LogP contribution in [0.5, 0.6) is 0 Å². The Kier molecular flexibility index (Phi) is 7.15. The van der Waals surface area contributed by atoms with Crippen LogP contribution >= 0.6 is 11.3 Å². The first-order valence-corrected chi connectivity index (χ1v) is 13.9. The molecule has 0 radical (unpaired) electrons. The number of carbonyl (C=O) groups excluding carboxylic acids is 2. The van der Waals surface area contributed by atoms with E-state index in [2.05, 4.69) is 16.3 Å². The fourth-order valence-corrected chi connectivity index (χ4v) is 5.78. The maximum absolute atomic E-state index is 13.4. The van der Waals surface area contributed by atoms with Gasteiger partial charge in [-0.25, -0.2) is 9.59 Å². The summed E-state index contributed by atoms with van der Waals surface area (Å²) in [4.78, 5) is 29.0. The highest BCUT2D eigenvalue weighted by atomic mass is 32.1. The number of thiophene rings is 1. The van der Waals surface area contributed by atoms with Gasteiger partial charge < -0.3 is 15.2 Å². The third-order valence-electron chi connectivity index (χ3n) is 7.01. The molecule has 3 aromatic heterocycles. The number of benzene rings is 2. The van der Waals surface area contributed by atoms with E-state index in [1.54, 1.807) is 59.1 Å². The molecule has 1 aliphatic rings. The largest absolute Gasteiger partial charge is 0.466 e. The van der Waals surface area contributed by atoms with Crippen LogP contribution in [-0.2, 0) is 19.1 Å². The number of esters is 2. The first kappa shape index (κ1) is 27.4. The van der Waals surface area contributed by atoms with Crippen LogP contribution in [0.15, 0.2) is 107 Å². The Morgan fingerprint density at radius 3 is 2.44 bits per heavy atom. The summed E-state index contributed by atoms with van der Waals surface area (Å²) in [7, 11) is 2.42. The second-order valence-electron chi connectivity index (χ2n) is 9.38. The summed E-state index contributed by atoms with van der Waals surface area (Å²) >= 11 is 1.53. The van der Waals surface area contributed by atoms with Gasteiger partial charge in [0.15, 0.2) is 11.5 Å². The zero-order valence-electron chi connectivity index (χ0n) is 23.0. The van der Waals surface area contributed by atoms with Crippen LogP contribution in [-0.4, -0.2) is 46.0 Å². The van der Waals surface area contributed by atoms with Crippen molar-refractivity contribution < 1.29 is 19.1 Å². The number of aromatic nitrogens is 4. The molecule has 12 heteroatoms. The van der Waals surface area contributed by atoms with Crippen molar-refractivity contribution in [3.8, 4) is 28.0 Å². The molecule has 0 fully saturated rings. The average molecular weight is 590 g/mol. The number of hydrogen-bond acceptors (Lipinski definition) is 11. The van der Waals surface area contributed by atoms with Crippen LogP contribution in [0.25, 0.3) is 27.6 Å². The highest BCUT2D eigenvalue weighted by Gasteiger charge is 2.43. The number of nitrogens with zero attached hydrogens (tertiary/aromatic N) is 6. The summed E-state index contributed by atoms with van der Waals surface area (Å²) in [6.07, 6.45) is 0. The van der Waals surface area contributed by atoms with Crippen molar-refractivity contribution in [2.45, 2.75) is 5.92 Å². The molecular weight excluding hydrogens is 566 g/mol. The molecule has 1 unspecified atom stereocenters. The molecule has 0 bridgehead atoms. The van der Waals surface area contributed by atoms with Crippen LogP contribution in [0.2, 0.25) is 0 Å². The van der Waals surface area contributed by atoms with Gasteiger partial charge in [-0.05, 0) is 41.3 Å². The topological polar surface area (TPSA) is 149 Å². The van der Waals surface area contributed by atoms with E-state index >= 15 is 0 Å². The van der Waals surface area contributed by atoms with E-state index < -0.39 is 17.9 Å². The number of hydrogen-bond donors (Lipinski definition) is 1. The number of allylic oxidation sites excluding steroid dienone is 1. The molecule has 0 spiro atoms. The van der Waals surface area contributed by atoms with Gasteiger partial charge in [-0.2, -0.15) is 14.9 Å². The van der Waals surface area contributed by atoms with Gasteiger partial charge in [0.1, 0.15) is 11.5 Å². The summed E-state index contributed by atoms with van der Waals surface area (Å²) in [6, 6.07) is 25.6. The lowest BCUT2D eigenvalue weighted by Gasteiger charge is -2.36. The number of nitrogens with two attached hydrogens (primary N) is 1. The van der Waals surface area contributed by atoms with E-state index in [1.807, 2.05) is 29.6 Å². The van der Waals surface area contributed by atoms with Gasteiger partial charge in [0.05, 0.1) is 47.9 Å². The highest BCUT2D eigenvalue weighted by molar-refractivity contribution is 7.13. The minimum absolute atomic E-state index is 0.0243. The SMILES string of the molecule is COC(=O)C1=C(C(=O)OC)N(c2cccc(-c3ccc4nnc(-c5cccs5)n4n3)c2)C(N)=C(C#N)C1c1ccccc1. The number of nitriles is 1. The number of methoxy groups -OCH3 is 2. The number of anilines is 1. The molecular formula is C31H23N7O4S. The quantitative estimate of drug-likeness (QED) is 0.282. The Hall–Kier alpha value is -5.80. The second kappa shape index (κ2) is 11.2. The molecule has 2 aromatic carbocycles. The fraction of sp³-hybridized carbons (Fsp3) is 0.0968. The minimum atomic E-state index is -0.958.